The van der Waals surface area contributed by atoms with E-state index in [0.717, 1.165) is 0 Å². The maximum absolute atomic E-state index is 13.5. The molecule has 240 valence electrons. The van der Waals surface area contributed by atoms with Crippen molar-refractivity contribution in [3.05, 3.63) is 66.0 Å². The number of hydrogen-bond acceptors (Lipinski definition) is 7. The molecule has 0 spiro atoms. The molecule has 0 aliphatic heterocycles. The van der Waals surface area contributed by atoms with Gasteiger partial charge in [-0.15, -0.1) is 0 Å². The molecule has 2 aromatic rings. The maximum atomic E-state index is 13.5. The van der Waals surface area contributed by atoms with Crippen LogP contribution < -0.4 is 10.6 Å². The summed E-state index contributed by atoms with van der Waals surface area (Å²) in [6, 6.07) is 9.13. The first kappa shape index (κ1) is 36.3. The van der Waals surface area contributed by atoms with E-state index in [1.54, 1.807) is 56.3 Å². The van der Waals surface area contributed by atoms with Gasteiger partial charge in [-0.1, -0.05) is 51.1 Å². The minimum absolute atomic E-state index is 0.0785. The number of carbonyl (C=O) groups is 5. The van der Waals surface area contributed by atoms with Crippen molar-refractivity contribution in [3.63, 3.8) is 0 Å². The van der Waals surface area contributed by atoms with Crippen LogP contribution in [-0.2, 0) is 25.6 Å². The number of carbonyl (C=O) groups excluding carboxylic acids is 5. The van der Waals surface area contributed by atoms with E-state index in [0.29, 0.717) is 11.1 Å². The highest BCUT2D eigenvalue weighted by atomic mass is 19.4. The average Bonchev–Trinajstić information content (AvgIpc) is 2.97. The van der Waals surface area contributed by atoms with Crippen molar-refractivity contribution in [1.82, 2.24) is 15.6 Å². The zero-order valence-corrected chi connectivity index (χ0v) is 25.3. The van der Waals surface area contributed by atoms with Gasteiger partial charge in [0.25, 0.3) is 0 Å². The minimum atomic E-state index is -5.04. The van der Waals surface area contributed by atoms with Gasteiger partial charge in [0, 0.05) is 49.1 Å². The second kappa shape index (κ2) is 16.8. The number of halogens is 3. The molecule has 0 fully saturated rings. The second-order valence-electron chi connectivity index (χ2n) is 11.4. The number of pyridine rings is 1. The van der Waals surface area contributed by atoms with Crippen LogP contribution in [0.4, 0.5) is 13.2 Å². The first-order valence-corrected chi connectivity index (χ1v) is 14.4. The minimum Gasteiger partial charge on any atom is -0.382 e. The highest BCUT2D eigenvalue weighted by molar-refractivity contribution is 5.99. The standard InChI is InChI=1S/C32H40F3N3O6/c1-19(2)24(17-27(40)23-11-8-14-36-18-23)31(44)38-26(16-22-9-6-5-7-10-22)28(41)15-20(3)30(43)37-25(13-12-21(4)39)29(42)32(33,34)35/h5-11,14,18-20,24-26,29,42H,12-13,15-17H2,1-4H3,(H,37,43)(H,38,44)/t20-,24+,25?,26+,29?/m1/s1. The molecule has 1 aromatic carbocycles. The summed E-state index contributed by atoms with van der Waals surface area (Å²) < 4.78 is 39.6. The molecule has 0 radical (unpaired) electrons. The van der Waals surface area contributed by atoms with Gasteiger partial charge < -0.3 is 20.5 Å². The van der Waals surface area contributed by atoms with Gasteiger partial charge in [0.05, 0.1) is 12.1 Å². The Morgan fingerprint density at radius 2 is 1.57 bits per heavy atom. The molecule has 5 atom stereocenters. The fraction of sp³-hybridized carbons (Fsp3) is 0.500. The molecule has 0 saturated heterocycles. The Labute approximate surface area is 255 Å². The number of benzene rings is 1. The van der Waals surface area contributed by atoms with Crippen molar-refractivity contribution in [1.29, 1.82) is 0 Å². The van der Waals surface area contributed by atoms with Crippen LogP contribution in [0, 0.1) is 17.8 Å². The molecule has 12 heteroatoms. The predicted molar refractivity (Wildman–Crippen MR) is 156 cm³/mol. The van der Waals surface area contributed by atoms with Gasteiger partial charge in [-0.05, 0) is 43.4 Å². The molecule has 0 aliphatic carbocycles. The Balaban J connectivity index is 2.20. The van der Waals surface area contributed by atoms with E-state index in [9.17, 15) is 42.3 Å². The number of Topliss-reactive ketones (excluding diaryl/α,β-unsaturated/α-hetero) is 3. The molecule has 2 amide bonds. The number of amides is 2. The molecule has 44 heavy (non-hydrogen) atoms. The van der Waals surface area contributed by atoms with Crippen molar-refractivity contribution in [2.24, 2.45) is 17.8 Å². The number of aliphatic hydroxyl groups excluding tert-OH is 1. The summed E-state index contributed by atoms with van der Waals surface area (Å²) in [6.07, 6.45) is -6.21. The van der Waals surface area contributed by atoms with Crippen LogP contribution in [0.15, 0.2) is 54.9 Å². The lowest BCUT2D eigenvalue weighted by Gasteiger charge is -2.27. The Morgan fingerprint density at radius 3 is 2.11 bits per heavy atom. The summed E-state index contributed by atoms with van der Waals surface area (Å²) in [6.45, 7) is 6.08. The Bertz CT molecular complexity index is 1270. The zero-order valence-electron chi connectivity index (χ0n) is 25.3. The highest BCUT2D eigenvalue weighted by Crippen LogP contribution is 2.25. The van der Waals surface area contributed by atoms with Gasteiger partial charge in [-0.3, -0.25) is 24.2 Å². The summed E-state index contributed by atoms with van der Waals surface area (Å²) in [7, 11) is 0. The lowest BCUT2D eigenvalue weighted by molar-refractivity contribution is -0.213. The summed E-state index contributed by atoms with van der Waals surface area (Å²) >= 11 is 0. The third kappa shape index (κ3) is 11.6. The van der Waals surface area contributed by atoms with Gasteiger partial charge in [-0.2, -0.15) is 13.2 Å². The average molecular weight is 620 g/mol. The van der Waals surface area contributed by atoms with Gasteiger partial charge in [-0.25, -0.2) is 0 Å². The lowest BCUT2D eigenvalue weighted by Crippen LogP contribution is -2.52. The number of nitrogens with zero attached hydrogens (tertiary/aromatic N) is 1. The third-order valence-electron chi connectivity index (χ3n) is 7.32. The van der Waals surface area contributed by atoms with Crippen molar-refractivity contribution in [2.45, 2.75) is 84.2 Å². The number of nitrogens with one attached hydrogen (secondary N) is 2. The molecule has 2 unspecified atom stereocenters. The Kier molecular flexibility index (Phi) is 13.8. The molecule has 0 bridgehead atoms. The quantitative estimate of drug-likeness (QED) is 0.227. The van der Waals surface area contributed by atoms with E-state index in [1.807, 2.05) is 0 Å². The Morgan fingerprint density at radius 1 is 0.909 bits per heavy atom. The van der Waals surface area contributed by atoms with Crippen LogP contribution in [0.1, 0.15) is 69.3 Å². The molecule has 0 aliphatic rings. The predicted octanol–water partition coefficient (Wildman–Crippen LogP) is 4.03. The second-order valence-corrected chi connectivity index (χ2v) is 11.4. The number of rotatable bonds is 17. The topological polar surface area (TPSA) is 143 Å². The van der Waals surface area contributed by atoms with E-state index < -0.39 is 72.4 Å². The molecular weight excluding hydrogens is 579 g/mol. The van der Waals surface area contributed by atoms with Crippen LogP contribution in [-0.4, -0.2) is 63.6 Å². The number of hydrogen-bond donors (Lipinski definition) is 3. The molecular formula is C32H40F3N3O6. The molecule has 2 rings (SSSR count). The van der Waals surface area contributed by atoms with Crippen molar-refractivity contribution in [3.8, 4) is 0 Å². The smallest absolute Gasteiger partial charge is 0.382 e. The molecule has 1 heterocycles. The van der Waals surface area contributed by atoms with Gasteiger partial charge in [0.2, 0.25) is 11.8 Å². The monoisotopic (exact) mass is 619 g/mol. The number of alkyl halides is 3. The summed E-state index contributed by atoms with van der Waals surface area (Å²) in [5.74, 6) is -4.84. The summed E-state index contributed by atoms with van der Waals surface area (Å²) in [5.41, 5.74) is 1.06. The zero-order chi connectivity index (χ0) is 33.0. The summed E-state index contributed by atoms with van der Waals surface area (Å²) in [4.78, 5) is 67.9. The van der Waals surface area contributed by atoms with Crippen molar-refractivity contribution in [2.75, 3.05) is 0 Å². The lowest BCUT2D eigenvalue weighted by atomic mass is 9.87. The van der Waals surface area contributed by atoms with Gasteiger partial charge >= 0.3 is 6.18 Å². The van der Waals surface area contributed by atoms with Crippen LogP contribution in [0.3, 0.4) is 0 Å². The van der Waals surface area contributed by atoms with Crippen molar-refractivity contribution < 1.29 is 42.3 Å². The van der Waals surface area contributed by atoms with E-state index in [1.165, 1.54) is 26.2 Å². The number of aromatic nitrogens is 1. The highest BCUT2D eigenvalue weighted by Gasteiger charge is 2.44. The van der Waals surface area contributed by atoms with Crippen molar-refractivity contribution >= 4 is 29.2 Å². The molecule has 3 N–H and O–H groups in total. The first-order chi connectivity index (χ1) is 20.6. The van der Waals surface area contributed by atoms with E-state index in [4.69, 9.17) is 0 Å². The van der Waals surface area contributed by atoms with Gasteiger partial charge in [0.1, 0.15) is 5.78 Å². The molecule has 0 saturated carbocycles. The fourth-order valence-corrected chi connectivity index (χ4v) is 4.61. The normalized spacial score (nSPS) is 15.0. The SMILES string of the molecule is CC(=O)CCC(NC(=O)[C@H](C)CC(=O)[C@H](Cc1ccccc1)NC(=O)[C@@H](CC(=O)c1cccnc1)C(C)C)C(O)C(F)(F)F. The van der Waals surface area contributed by atoms with Crippen LogP contribution in [0.25, 0.3) is 0 Å². The number of aliphatic hydroxyl groups is 1. The molecule has 1 aromatic heterocycles. The first-order valence-electron chi connectivity index (χ1n) is 14.4. The fourth-order valence-electron chi connectivity index (χ4n) is 4.61. The van der Waals surface area contributed by atoms with Crippen LogP contribution in [0.5, 0.6) is 0 Å². The van der Waals surface area contributed by atoms with E-state index in [2.05, 4.69) is 15.6 Å². The number of ketones is 3. The summed E-state index contributed by atoms with van der Waals surface area (Å²) in [5, 5.41) is 14.6. The maximum Gasteiger partial charge on any atom is 0.416 e. The van der Waals surface area contributed by atoms with E-state index >= 15 is 0 Å². The Hall–Kier alpha value is -3.93. The van der Waals surface area contributed by atoms with E-state index in [-0.39, 0.29) is 31.0 Å². The molecule has 9 nitrogen and oxygen atoms in total. The van der Waals surface area contributed by atoms with Gasteiger partial charge in [0.15, 0.2) is 17.7 Å². The van der Waals surface area contributed by atoms with Crippen LogP contribution >= 0.6 is 0 Å². The third-order valence-corrected chi connectivity index (χ3v) is 7.32. The van der Waals surface area contributed by atoms with Crippen LogP contribution in [0.2, 0.25) is 0 Å². The largest absolute Gasteiger partial charge is 0.416 e.